The van der Waals surface area contributed by atoms with Crippen molar-refractivity contribution >= 4 is 5.95 Å². The first-order valence-corrected chi connectivity index (χ1v) is 4.96. The van der Waals surface area contributed by atoms with Crippen LogP contribution in [0.1, 0.15) is 17.9 Å². The van der Waals surface area contributed by atoms with Gasteiger partial charge in [-0.3, -0.25) is 0 Å². The number of benzene rings is 1. The topological polar surface area (TPSA) is 64.9 Å². The minimum atomic E-state index is 0.213. The molecular formula is C11H13N3O. The number of rotatable bonds is 4. The molecule has 0 atom stereocenters. The average Bonchev–Trinajstić information content (AvgIpc) is 2.66. The van der Waals surface area contributed by atoms with E-state index in [1.807, 2.05) is 18.2 Å². The summed E-state index contributed by atoms with van der Waals surface area (Å²) in [6.45, 7) is 0. The van der Waals surface area contributed by atoms with Crippen molar-refractivity contribution < 1.29 is 4.52 Å². The van der Waals surface area contributed by atoms with Crippen molar-refractivity contribution in [3.63, 3.8) is 0 Å². The largest absolute Gasteiger partial charge is 0.365 e. The lowest BCUT2D eigenvalue weighted by Crippen LogP contribution is -1.91. The zero-order chi connectivity index (χ0) is 10.5. The molecule has 78 valence electrons. The summed E-state index contributed by atoms with van der Waals surface area (Å²) >= 11 is 0. The van der Waals surface area contributed by atoms with E-state index >= 15 is 0 Å². The van der Waals surface area contributed by atoms with E-state index in [-0.39, 0.29) is 5.95 Å². The summed E-state index contributed by atoms with van der Waals surface area (Å²) in [6.07, 6.45) is 2.79. The lowest BCUT2D eigenvalue weighted by atomic mass is 10.1. The first-order valence-electron chi connectivity index (χ1n) is 4.96. The zero-order valence-electron chi connectivity index (χ0n) is 8.39. The van der Waals surface area contributed by atoms with Crippen LogP contribution in [0.3, 0.4) is 0 Å². The molecule has 0 radical (unpaired) electrons. The van der Waals surface area contributed by atoms with Crippen LogP contribution in [0.15, 0.2) is 34.9 Å². The molecule has 4 nitrogen and oxygen atoms in total. The molecule has 0 spiro atoms. The van der Waals surface area contributed by atoms with E-state index in [4.69, 9.17) is 10.3 Å². The van der Waals surface area contributed by atoms with Crippen molar-refractivity contribution in [3.05, 3.63) is 41.8 Å². The third-order valence-electron chi connectivity index (χ3n) is 2.18. The van der Waals surface area contributed by atoms with Gasteiger partial charge in [0.25, 0.3) is 5.95 Å². The van der Waals surface area contributed by atoms with Gasteiger partial charge in [-0.1, -0.05) is 30.3 Å². The molecule has 1 aromatic carbocycles. The molecule has 0 amide bonds. The first-order chi connectivity index (χ1) is 7.34. The smallest absolute Gasteiger partial charge is 0.260 e. The number of nitrogens with two attached hydrogens (primary N) is 1. The minimum absolute atomic E-state index is 0.213. The highest BCUT2D eigenvalue weighted by Gasteiger charge is 2.02. The van der Waals surface area contributed by atoms with Gasteiger partial charge in [0, 0.05) is 6.42 Å². The SMILES string of the molecule is Nc1noc(CCCc2ccccc2)n1. The number of aromatic nitrogens is 2. The molecule has 0 aliphatic heterocycles. The van der Waals surface area contributed by atoms with Crippen LogP contribution >= 0.6 is 0 Å². The molecule has 0 bridgehead atoms. The van der Waals surface area contributed by atoms with Crippen LogP contribution in [0.25, 0.3) is 0 Å². The second-order valence-corrected chi connectivity index (χ2v) is 3.39. The maximum absolute atomic E-state index is 5.35. The fourth-order valence-electron chi connectivity index (χ4n) is 1.46. The maximum atomic E-state index is 5.35. The molecule has 2 aromatic rings. The molecule has 4 heteroatoms. The number of aryl methyl sites for hydroxylation is 2. The normalized spacial score (nSPS) is 10.4. The maximum Gasteiger partial charge on any atom is 0.260 e. The fraction of sp³-hybridized carbons (Fsp3) is 0.273. The highest BCUT2D eigenvalue weighted by Crippen LogP contribution is 2.07. The van der Waals surface area contributed by atoms with Crippen LogP contribution < -0.4 is 5.73 Å². The van der Waals surface area contributed by atoms with Gasteiger partial charge < -0.3 is 10.3 Å². The Morgan fingerprint density at radius 2 is 1.93 bits per heavy atom. The number of nitrogens with zero attached hydrogens (tertiary/aromatic N) is 2. The highest BCUT2D eigenvalue weighted by molar-refractivity contribution is 5.15. The van der Waals surface area contributed by atoms with Gasteiger partial charge >= 0.3 is 0 Å². The van der Waals surface area contributed by atoms with Crippen LogP contribution in [0.4, 0.5) is 5.95 Å². The van der Waals surface area contributed by atoms with Gasteiger partial charge in [0.1, 0.15) is 0 Å². The van der Waals surface area contributed by atoms with E-state index < -0.39 is 0 Å². The predicted octanol–water partition coefficient (Wildman–Crippen LogP) is 1.83. The summed E-state index contributed by atoms with van der Waals surface area (Å²) in [6, 6.07) is 10.3. The van der Waals surface area contributed by atoms with Crippen LogP contribution in [0.2, 0.25) is 0 Å². The Kier molecular flexibility index (Phi) is 2.97. The van der Waals surface area contributed by atoms with Crippen molar-refractivity contribution in [2.24, 2.45) is 0 Å². The molecule has 1 heterocycles. The first kappa shape index (κ1) is 9.71. The molecule has 1 aromatic heterocycles. The molecule has 2 N–H and O–H groups in total. The van der Waals surface area contributed by atoms with Gasteiger partial charge in [0.2, 0.25) is 5.89 Å². The lowest BCUT2D eigenvalue weighted by molar-refractivity contribution is 0.376. The fourth-order valence-corrected chi connectivity index (χ4v) is 1.46. The van der Waals surface area contributed by atoms with Crippen LogP contribution in [0.5, 0.6) is 0 Å². The monoisotopic (exact) mass is 203 g/mol. The molecule has 0 saturated heterocycles. The van der Waals surface area contributed by atoms with E-state index in [9.17, 15) is 0 Å². The molecule has 0 unspecified atom stereocenters. The summed E-state index contributed by atoms with van der Waals surface area (Å²) in [5.41, 5.74) is 6.67. The second kappa shape index (κ2) is 4.59. The minimum Gasteiger partial charge on any atom is -0.365 e. The molecule has 2 rings (SSSR count). The Labute approximate surface area is 88.1 Å². The summed E-state index contributed by atoms with van der Waals surface area (Å²) in [7, 11) is 0. The van der Waals surface area contributed by atoms with Crippen LogP contribution in [0, 0.1) is 0 Å². The molecule has 0 aliphatic carbocycles. The van der Waals surface area contributed by atoms with Gasteiger partial charge in [-0.05, 0) is 23.6 Å². The Morgan fingerprint density at radius 1 is 1.13 bits per heavy atom. The third kappa shape index (κ3) is 2.80. The van der Waals surface area contributed by atoms with E-state index in [1.54, 1.807) is 0 Å². The van der Waals surface area contributed by atoms with Gasteiger partial charge in [0.15, 0.2) is 0 Å². The van der Waals surface area contributed by atoms with E-state index in [0.29, 0.717) is 5.89 Å². The number of nitrogen functional groups attached to an aromatic ring is 1. The Hall–Kier alpha value is -1.84. The van der Waals surface area contributed by atoms with Crippen molar-refractivity contribution in [2.45, 2.75) is 19.3 Å². The molecule has 15 heavy (non-hydrogen) atoms. The van der Waals surface area contributed by atoms with E-state index in [2.05, 4.69) is 22.3 Å². The number of hydrogen-bond donors (Lipinski definition) is 1. The number of hydrogen-bond acceptors (Lipinski definition) is 4. The molecule has 0 saturated carbocycles. The standard InChI is InChI=1S/C11H13N3O/c12-11-13-10(15-14-11)8-4-7-9-5-2-1-3-6-9/h1-3,5-6H,4,7-8H2,(H2,12,14). The Balaban J connectivity index is 1.80. The zero-order valence-corrected chi connectivity index (χ0v) is 8.39. The Bertz CT molecular complexity index is 411. The van der Waals surface area contributed by atoms with Crippen molar-refractivity contribution in [2.75, 3.05) is 5.73 Å². The van der Waals surface area contributed by atoms with E-state index in [1.165, 1.54) is 5.56 Å². The highest BCUT2D eigenvalue weighted by atomic mass is 16.5. The number of anilines is 1. The van der Waals surface area contributed by atoms with E-state index in [0.717, 1.165) is 19.3 Å². The van der Waals surface area contributed by atoms with Crippen molar-refractivity contribution in [1.82, 2.24) is 10.1 Å². The summed E-state index contributed by atoms with van der Waals surface area (Å²) in [4.78, 5) is 3.94. The van der Waals surface area contributed by atoms with Crippen molar-refractivity contribution in [1.29, 1.82) is 0 Å². The van der Waals surface area contributed by atoms with Gasteiger partial charge in [-0.15, -0.1) is 0 Å². The van der Waals surface area contributed by atoms with Gasteiger partial charge in [-0.25, -0.2) is 0 Å². The van der Waals surface area contributed by atoms with Gasteiger partial charge in [-0.2, -0.15) is 4.98 Å². The molecular weight excluding hydrogens is 190 g/mol. The quantitative estimate of drug-likeness (QED) is 0.823. The van der Waals surface area contributed by atoms with Gasteiger partial charge in [0.05, 0.1) is 0 Å². The summed E-state index contributed by atoms with van der Waals surface area (Å²) in [5.74, 6) is 0.827. The Morgan fingerprint density at radius 3 is 2.60 bits per heavy atom. The van der Waals surface area contributed by atoms with Crippen LogP contribution in [-0.2, 0) is 12.8 Å². The predicted molar refractivity (Wildman–Crippen MR) is 57.2 cm³/mol. The summed E-state index contributed by atoms with van der Waals surface area (Å²) in [5, 5.41) is 3.53. The summed E-state index contributed by atoms with van der Waals surface area (Å²) < 4.78 is 4.92. The lowest BCUT2D eigenvalue weighted by Gasteiger charge is -1.97. The molecule has 0 aliphatic rings. The third-order valence-corrected chi connectivity index (χ3v) is 2.18. The molecule has 0 fully saturated rings. The average molecular weight is 203 g/mol. The van der Waals surface area contributed by atoms with Crippen LogP contribution in [-0.4, -0.2) is 10.1 Å². The van der Waals surface area contributed by atoms with Crippen molar-refractivity contribution in [3.8, 4) is 0 Å². The second-order valence-electron chi connectivity index (χ2n) is 3.39.